The number of carbonyl (C=O) groups is 4. The van der Waals surface area contributed by atoms with Crippen molar-refractivity contribution in [2.45, 2.75) is 111 Å². The van der Waals surface area contributed by atoms with Crippen LogP contribution >= 0.6 is 0 Å². The van der Waals surface area contributed by atoms with E-state index in [1.54, 1.807) is 32.5 Å². The molecule has 7 rings (SSSR count). The molecule has 3 amide bonds. The summed E-state index contributed by atoms with van der Waals surface area (Å²) in [6.07, 6.45) is 4.10. The van der Waals surface area contributed by atoms with Crippen molar-refractivity contribution in [1.29, 1.82) is 0 Å². The number of aliphatic hydroxyl groups is 1. The highest BCUT2D eigenvalue weighted by Gasteiger charge is 2.52. The molecule has 4 N–H and O–H groups in total. The summed E-state index contributed by atoms with van der Waals surface area (Å²) in [5.74, 6) is -2.11. The molecule has 2 fully saturated rings. The Morgan fingerprint density at radius 2 is 1.85 bits per heavy atom. The van der Waals surface area contributed by atoms with E-state index in [0.717, 1.165) is 44.5 Å². The molecule has 0 radical (unpaired) electrons. The molecule has 1 unspecified atom stereocenters. The van der Waals surface area contributed by atoms with E-state index in [4.69, 9.17) is 14.5 Å². The standard InChI is InChI=1S/C48H62N6O8/c1-9-53-39-15-14-31-24-35(39)36(42(53)34-12-10-18-49-40(34)29(4)61-8)25-47(5,6)27-62-45(59)37-13-11-19-54(51-37)44(58)38(22-30-20-32(31)23-33(56)21-30)50-43(57)41(28(2)3)52(7)46(60)48(26-55)16-17-48/h10,12,14-15,18,20-21,23-24,28-29,37-38,41,51,55-56H,9,11,13,16-17,19,22,25-27H2,1-8H3,(H,50,57)/t29-,37-,38-,41?/m0/s1. The first-order valence-electron chi connectivity index (χ1n) is 21.9. The summed E-state index contributed by atoms with van der Waals surface area (Å²) in [4.78, 5) is 62.5. The Balaban J connectivity index is 1.35. The number of aromatic hydroxyl groups is 1. The molecule has 4 aromatic rings. The Hall–Kier alpha value is -5.31. The van der Waals surface area contributed by atoms with Crippen molar-refractivity contribution >= 4 is 34.6 Å². The lowest BCUT2D eigenvalue weighted by Gasteiger charge is -2.37. The number of carbonyl (C=O) groups excluding carboxylic acids is 4. The van der Waals surface area contributed by atoms with Gasteiger partial charge in [-0.2, -0.15) is 0 Å². The smallest absolute Gasteiger partial charge is 0.324 e. The van der Waals surface area contributed by atoms with E-state index in [2.05, 4.69) is 54.3 Å². The summed E-state index contributed by atoms with van der Waals surface area (Å²) in [5.41, 5.74) is 8.69. The number of nitrogens with zero attached hydrogens (tertiary/aromatic N) is 4. The Labute approximate surface area is 363 Å². The van der Waals surface area contributed by atoms with Crippen LogP contribution < -0.4 is 10.7 Å². The number of phenols is 1. The number of pyridine rings is 1. The number of aryl methyl sites for hydroxylation is 1. The number of ether oxygens (including phenoxy) is 2. The summed E-state index contributed by atoms with van der Waals surface area (Å²) < 4.78 is 14.2. The number of methoxy groups -OCH3 is 1. The van der Waals surface area contributed by atoms with Crippen LogP contribution in [0.2, 0.25) is 0 Å². The third-order valence-electron chi connectivity index (χ3n) is 12.9. The number of hydrogen-bond donors (Lipinski definition) is 4. The minimum absolute atomic E-state index is 0.00182. The number of hydrazine groups is 1. The Morgan fingerprint density at radius 3 is 2.53 bits per heavy atom. The molecule has 6 bridgehead atoms. The molecule has 62 heavy (non-hydrogen) atoms. The highest BCUT2D eigenvalue weighted by Crippen LogP contribution is 2.47. The lowest BCUT2D eigenvalue weighted by atomic mass is 9.84. The first kappa shape index (κ1) is 44.7. The van der Waals surface area contributed by atoms with Gasteiger partial charge in [-0.05, 0) is 111 Å². The van der Waals surface area contributed by atoms with E-state index in [1.165, 1.54) is 9.91 Å². The quantitative estimate of drug-likeness (QED) is 0.145. The van der Waals surface area contributed by atoms with E-state index < -0.39 is 46.7 Å². The maximum absolute atomic E-state index is 14.6. The predicted molar refractivity (Wildman–Crippen MR) is 235 cm³/mol. The minimum Gasteiger partial charge on any atom is -0.508 e. The molecular weight excluding hydrogens is 789 g/mol. The molecule has 1 saturated carbocycles. The molecule has 14 heteroatoms. The fraction of sp³-hybridized carbons (Fsp3) is 0.521. The second-order valence-corrected chi connectivity index (χ2v) is 18.6. The van der Waals surface area contributed by atoms with Crippen molar-refractivity contribution in [2.24, 2.45) is 16.7 Å². The van der Waals surface area contributed by atoms with Crippen LogP contribution in [0.1, 0.15) is 90.2 Å². The van der Waals surface area contributed by atoms with Crippen LogP contribution in [0.4, 0.5) is 0 Å². The molecule has 14 nitrogen and oxygen atoms in total. The number of phenolic OH excluding ortho intramolecular Hbond substituents is 1. The lowest BCUT2D eigenvalue weighted by molar-refractivity contribution is -0.155. The highest BCUT2D eigenvalue weighted by molar-refractivity contribution is 5.96. The molecule has 1 saturated heterocycles. The predicted octanol–water partition coefficient (Wildman–Crippen LogP) is 5.71. The largest absolute Gasteiger partial charge is 0.508 e. The fourth-order valence-corrected chi connectivity index (χ4v) is 9.34. The van der Waals surface area contributed by atoms with Gasteiger partial charge in [-0.3, -0.25) is 29.2 Å². The molecular formula is C48H62N6O8. The summed E-state index contributed by atoms with van der Waals surface area (Å²) in [6.45, 7) is 12.7. The second kappa shape index (κ2) is 17.8. The van der Waals surface area contributed by atoms with Gasteiger partial charge in [-0.1, -0.05) is 39.8 Å². The highest BCUT2D eigenvalue weighted by atomic mass is 16.5. The number of rotatable bonds is 10. The number of cyclic esters (lactones) is 1. The Bertz CT molecular complexity index is 2350. The first-order chi connectivity index (χ1) is 29.5. The van der Waals surface area contributed by atoms with Gasteiger partial charge in [0.2, 0.25) is 11.8 Å². The normalized spacial score (nSPS) is 20.9. The van der Waals surface area contributed by atoms with Gasteiger partial charge >= 0.3 is 5.97 Å². The van der Waals surface area contributed by atoms with E-state index >= 15 is 0 Å². The summed E-state index contributed by atoms with van der Waals surface area (Å²) >= 11 is 0. The van der Waals surface area contributed by atoms with Crippen LogP contribution in [0.25, 0.3) is 33.3 Å². The van der Waals surface area contributed by atoms with Crippen molar-refractivity contribution < 1.29 is 38.9 Å². The molecule has 4 atom stereocenters. The third kappa shape index (κ3) is 8.82. The molecule has 0 spiro atoms. The number of aromatic nitrogens is 2. The van der Waals surface area contributed by atoms with Gasteiger partial charge in [0.15, 0.2) is 0 Å². The summed E-state index contributed by atoms with van der Waals surface area (Å²) in [6, 6.07) is 12.6. The summed E-state index contributed by atoms with van der Waals surface area (Å²) in [5, 5.41) is 26.6. The van der Waals surface area contributed by atoms with Crippen LogP contribution in [-0.2, 0) is 48.0 Å². The zero-order valence-electron chi connectivity index (χ0n) is 37.3. The van der Waals surface area contributed by atoms with Crippen molar-refractivity contribution in [2.75, 3.05) is 33.9 Å². The zero-order valence-corrected chi connectivity index (χ0v) is 37.3. The maximum atomic E-state index is 14.6. The van der Waals surface area contributed by atoms with Gasteiger partial charge in [0.05, 0.1) is 36.1 Å². The number of esters is 1. The summed E-state index contributed by atoms with van der Waals surface area (Å²) in [7, 11) is 3.24. The Morgan fingerprint density at radius 1 is 1.10 bits per heavy atom. The number of fused-ring (bicyclic) bond motifs is 6. The minimum atomic E-state index is -1.15. The van der Waals surface area contributed by atoms with Crippen molar-refractivity contribution in [3.05, 3.63) is 71.5 Å². The molecule has 1 aliphatic carbocycles. The lowest BCUT2D eigenvalue weighted by Crippen LogP contribution is -2.62. The van der Waals surface area contributed by atoms with Gasteiger partial charge in [0, 0.05) is 61.7 Å². The average molecular weight is 851 g/mol. The number of aliphatic hydroxyl groups excluding tert-OH is 1. The fourth-order valence-electron chi connectivity index (χ4n) is 9.34. The molecule has 4 heterocycles. The van der Waals surface area contributed by atoms with Gasteiger partial charge < -0.3 is 34.5 Å². The van der Waals surface area contributed by atoms with Crippen molar-refractivity contribution in [3.63, 3.8) is 0 Å². The van der Waals surface area contributed by atoms with E-state index in [9.17, 15) is 29.4 Å². The number of nitrogens with one attached hydrogen (secondary N) is 2. The molecule has 332 valence electrons. The van der Waals surface area contributed by atoms with Gasteiger partial charge in [-0.25, -0.2) is 5.43 Å². The number of likely N-dealkylation sites (N-methyl/N-ethyl adjacent to an activating group) is 1. The van der Waals surface area contributed by atoms with Crippen LogP contribution in [0.5, 0.6) is 5.75 Å². The number of amides is 3. The molecule has 2 aromatic carbocycles. The van der Waals surface area contributed by atoms with Crippen molar-refractivity contribution in [3.8, 4) is 28.1 Å². The Kier molecular flexibility index (Phi) is 12.9. The van der Waals surface area contributed by atoms with Crippen molar-refractivity contribution in [1.82, 2.24) is 30.2 Å². The van der Waals surface area contributed by atoms with Gasteiger partial charge in [-0.15, -0.1) is 0 Å². The van der Waals surface area contributed by atoms with Gasteiger partial charge in [0.25, 0.3) is 5.91 Å². The topological polar surface area (TPSA) is 176 Å². The van der Waals surface area contributed by atoms with E-state index in [0.29, 0.717) is 44.2 Å². The number of benzene rings is 2. The van der Waals surface area contributed by atoms with Crippen LogP contribution in [0.15, 0.2) is 54.7 Å². The van der Waals surface area contributed by atoms with E-state index in [1.807, 2.05) is 39.0 Å². The molecule has 2 aromatic heterocycles. The maximum Gasteiger partial charge on any atom is 0.324 e. The van der Waals surface area contributed by atoms with Crippen LogP contribution in [0, 0.1) is 16.7 Å². The average Bonchev–Trinajstić information content (AvgIpc) is 4.00. The SMILES string of the molecule is CCn1c(-c2cccnc2[C@H](C)OC)c2c3cc(ccc31)-c1cc(O)cc(c1)C[C@H](NC(=O)C(C(C)C)N(C)C(=O)C1(CO)CC1)C(=O)N1CCC[C@H](N1)C(=O)OCC(C)(C)C2. The molecule has 3 aliphatic rings. The first-order valence-corrected chi connectivity index (χ1v) is 21.9. The third-order valence-corrected chi connectivity index (χ3v) is 12.9. The monoisotopic (exact) mass is 850 g/mol. The van der Waals surface area contributed by atoms with Crippen LogP contribution in [0.3, 0.4) is 0 Å². The van der Waals surface area contributed by atoms with Crippen LogP contribution in [-0.4, -0.2) is 105 Å². The zero-order chi connectivity index (χ0) is 44.7. The second-order valence-electron chi connectivity index (χ2n) is 18.6. The van der Waals surface area contributed by atoms with E-state index in [-0.39, 0.29) is 49.9 Å². The van der Waals surface area contributed by atoms with Gasteiger partial charge in [0.1, 0.15) is 23.9 Å². The number of hydrogen-bond acceptors (Lipinski definition) is 10. The molecule has 2 aliphatic heterocycles.